The minimum atomic E-state index is -0.554. The first-order valence-corrected chi connectivity index (χ1v) is 7.29. The smallest absolute Gasteiger partial charge is 0.331 e. The second-order valence-corrected chi connectivity index (χ2v) is 5.08. The fourth-order valence-corrected chi connectivity index (χ4v) is 2.24. The average Bonchev–Trinajstić information content (AvgIpc) is 3.15. The zero-order valence-electron chi connectivity index (χ0n) is 11.4. The molecule has 1 amide bonds. The molecule has 0 saturated heterocycles. The molecule has 2 rings (SSSR count). The summed E-state index contributed by atoms with van der Waals surface area (Å²) in [5.41, 5.74) is 0.924. The van der Waals surface area contributed by atoms with Crippen molar-refractivity contribution in [2.24, 2.45) is 0 Å². The van der Waals surface area contributed by atoms with E-state index in [4.69, 9.17) is 9.15 Å². The van der Waals surface area contributed by atoms with Crippen molar-refractivity contribution in [2.75, 3.05) is 6.61 Å². The number of ether oxygens (including phenoxy) is 1. The Bertz CT molecular complexity index is 602. The van der Waals surface area contributed by atoms with E-state index >= 15 is 0 Å². The van der Waals surface area contributed by atoms with Crippen LogP contribution in [0.4, 0.5) is 0 Å². The van der Waals surface area contributed by atoms with Gasteiger partial charge in [-0.3, -0.25) is 4.79 Å². The standard InChI is InChI=1S/C15H15NO4S/c1-11(13-3-2-7-19-13)16-14(17)9-20-15(18)5-4-12-6-8-21-10-12/h2-8,10-11H,9H2,1H3,(H,16,17)/b5-4+/t11-/m0/s1. The van der Waals surface area contributed by atoms with Gasteiger partial charge in [-0.15, -0.1) is 0 Å². The van der Waals surface area contributed by atoms with Crippen molar-refractivity contribution in [2.45, 2.75) is 13.0 Å². The number of nitrogens with one attached hydrogen (secondary N) is 1. The number of amides is 1. The zero-order valence-corrected chi connectivity index (χ0v) is 12.3. The Kier molecular flexibility index (Phi) is 5.34. The molecule has 6 heteroatoms. The van der Waals surface area contributed by atoms with Crippen LogP contribution in [0.3, 0.4) is 0 Å². The Hall–Kier alpha value is -2.34. The summed E-state index contributed by atoms with van der Waals surface area (Å²) in [4.78, 5) is 23.1. The van der Waals surface area contributed by atoms with E-state index in [1.165, 1.54) is 23.7 Å². The van der Waals surface area contributed by atoms with Crippen molar-refractivity contribution in [3.05, 3.63) is 52.6 Å². The monoisotopic (exact) mass is 305 g/mol. The van der Waals surface area contributed by atoms with Crippen LogP contribution >= 0.6 is 11.3 Å². The normalized spacial score (nSPS) is 12.2. The van der Waals surface area contributed by atoms with Crippen LogP contribution in [-0.4, -0.2) is 18.5 Å². The summed E-state index contributed by atoms with van der Waals surface area (Å²) in [5, 5.41) is 6.49. The van der Waals surface area contributed by atoms with E-state index in [9.17, 15) is 9.59 Å². The van der Waals surface area contributed by atoms with Gasteiger partial charge in [-0.25, -0.2) is 4.79 Å². The van der Waals surface area contributed by atoms with Gasteiger partial charge in [-0.2, -0.15) is 11.3 Å². The van der Waals surface area contributed by atoms with Crippen LogP contribution < -0.4 is 5.32 Å². The summed E-state index contributed by atoms with van der Waals surface area (Å²) in [6.45, 7) is 1.47. The predicted octanol–water partition coefficient (Wildman–Crippen LogP) is 2.77. The molecule has 0 aliphatic carbocycles. The second kappa shape index (κ2) is 7.44. The molecule has 0 unspecified atom stereocenters. The second-order valence-electron chi connectivity index (χ2n) is 4.30. The highest BCUT2D eigenvalue weighted by Crippen LogP contribution is 2.11. The van der Waals surface area contributed by atoms with E-state index < -0.39 is 5.97 Å². The van der Waals surface area contributed by atoms with Crippen LogP contribution in [-0.2, 0) is 14.3 Å². The van der Waals surface area contributed by atoms with E-state index in [1.807, 2.05) is 16.8 Å². The van der Waals surface area contributed by atoms with Crippen molar-refractivity contribution in [1.82, 2.24) is 5.32 Å². The maximum Gasteiger partial charge on any atom is 0.331 e. The molecular formula is C15H15NO4S. The Morgan fingerprint density at radius 1 is 1.48 bits per heavy atom. The van der Waals surface area contributed by atoms with Gasteiger partial charge in [0.05, 0.1) is 12.3 Å². The molecule has 2 heterocycles. The maximum atomic E-state index is 11.6. The minimum absolute atomic E-state index is 0.271. The SMILES string of the molecule is C[C@H](NC(=O)COC(=O)/C=C/c1ccsc1)c1ccco1. The first kappa shape index (κ1) is 15.1. The lowest BCUT2D eigenvalue weighted by molar-refractivity contribution is -0.144. The molecule has 21 heavy (non-hydrogen) atoms. The van der Waals surface area contributed by atoms with Crippen LogP contribution in [0.25, 0.3) is 6.08 Å². The topological polar surface area (TPSA) is 68.5 Å². The molecule has 0 radical (unpaired) electrons. The van der Waals surface area contributed by atoms with Gasteiger partial charge in [-0.1, -0.05) is 0 Å². The van der Waals surface area contributed by atoms with Gasteiger partial charge in [0.15, 0.2) is 6.61 Å². The summed E-state index contributed by atoms with van der Waals surface area (Å²) in [6.07, 6.45) is 4.47. The van der Waals surface area contributed by atoms with E-state index in [0.717, 1.165) is 5.56 Å². The van der Waals surface area contributed by atoms with Gasteiger partial charge in [0.2, 0.25) is 0 Å². The first-order valence-electron chi connectivity index (χ1n) is 6.35. The molecule has 2 aromatic rings. The molecule has 0 spiro atoms. The van der Waals surface area contributed by atoms with Crippen molar-refractivity contribution in [1.29, 1.82) is 0 Å². The molecule has 0 saturated carbocycles. The largest absolute Gasteiger partial charge is 0.467 e. The summed E-state index contributed by atoms with van der Waals surface area (Å²) in [6, 6.07) is 5.12. The average molecular weight is 305 g/mol. The van der Waals surface area contributed by atoms with Gasteiger partial charge in [-0.05, 0) is 47.5 Å². The predicted molar refractivity (Wildman–Crippen MR) is 79.6 cm³/mol. The lowest BCUT2D eigenvalue weighted by atomic mass is 10.2. The molecule has 1 atom stereocenters. The molecular weight excluding hydrogens is 290 g/mol. The third-order valence-electron chi connectivity index (χ3n) is 2.65. The molecule has 0 bridgehead atoms. The maximum absolute atomic E-state index is 11.6. The van der Waals surface area contributed by atoms with Crippen LogP contribution in [0, 0.1) is 0 Å². The minimum Gasteiger partial charge on any atom is -0.467 e. The molecule has 0 aliphatic heterocycles. The number of esters is 1. The van der Waals surface area contributed by atoms with Crippen LogP contribution in [0.5, 0.6) is 0 Å². The summed E-state index contributed by atoms with van der Waals surface area (Å²) < 4.78 is 10.0. The van der Waals surface area contributed by atoms with Crippen molar-refractivity contribution < 1.29 is 18.7 Å². The van der Waals surface area contributed by atoms with E-state index in [1.54, 1.807) is 25.1 Å². The molecule has 0 aromatic carbocycles. The van der Waals surface area contributed by atoms with Crippen LogP contribution in [0.15, 0.2) is 45.7 Å². The number of carbonyl (C=O) groups is 2. The summed E-state index contributed by atoms with van der Waals surface area (Å²) in [5.74, 6) is -0.287. The van der Waals surface area contributed by atoms with Gasteiger partial charge < -0.3 is 14.5 Å². The lowest BCUT2D eigenvalue weighted by Crippen LogP contribution is -2.30. The molecule has 0 aliphatic rings. The third kappa shape index (κ3) is 4.92. The highest BCUT2D eigenvalue weighted by molar-refractivity contribution is 7.08. The number of hydrogen-bond acceptors (Lipinski definition) is 5. The van der Waals surface area contributed by atoms with Crippen molar-refractivity contribution >= 4 is 29.3 Å². The fourth-order valence-electron chi connectivity index (χ4n) is 1.61. The van der Waals surface area contributed by atoms with Gasteiger partial charge in [0.25, 0.3) is 5.91 Å². The zero-order chi connectivity index (χ0) is 15.1. The fraction of sp³-hybridized carbons (Fsp3) is 0.200. The summed E-state index contributed by atoms with van der Waals surface area (Å²) >= 11 is 1.54. The van der Waals surface area contributed by atoms with Gasteiger partial charge in [0, 0.05) is 6.08 Å². The van der Waals surface area contributed by atoms with Crippen molar-refractivity contribution in [3.63, 3.8) is 0 Å². The third-order valence-corrected chi connectivity index (χ3v) is 3.35. The number of furan rings is 1. The number of hydrogen-bond donors (Lipinski definition) is 1. The Morgan fingerprint density at radius 2 is 2.33 bits per heavy atom. The highest BCUT2D eigenvalue weighted by Gasteiger charge is 2.12. The van der Waals surface area contributed by atoms with Gasteiger partial charge in [0.1, 0.15) is 5.76 Å². The van der Waals surface area contributed by atoms with Crippen LogP contribution in [0.2, 0.25) is 0 Å². The number of thiophene rings is 1. The molecule has 0 fully saturated rings. The summed E-state index contributed by atoms with van der Waals surface area (Å²) in [7, 11) is 0. The quantitative estimate of drug-likeness (QED) is 0.658. The van der Waals surface area contributed by atoms with E-state index in [-0.39, 0.29) is 18.6 Å². The Morgan fingerprint density at radius 3 is 3.00 bits per heavy atom. The first-order chi connectivity index (χ1) is 10.1. The molecule has 110 valence electrons. The van der Waals surface area contributed by atoms with E-state index in [0.29, 0.717) is 5.76 Å². The Labute approximate surface area is 126 Å². The van der Waals surface area contributed by atoms with Gasteiger partial charge >= 0.3 is 5.97 Å². The van der Waals surface area contributed by atoms with Crippen molar-refractivity contribution in [3.8, 4) is 0 Å². The highest BCUT2D eigenvalue weighted by atomic mass is 32.1. The van der Waals surface area contributed by atoms with E-state index in [2.05, 4.69) is 5.32 Å². The lowest BCUT2D eigenvalue weighted by Gasteiger charge is -2.10. The number of carbonyl (C=O) groups excluding carboxylic acids is 2. The van der Waals surface area contributed by atoms with Crippen LogP contribution in [0.1, 0.15) is 24.3 Å². The molecule has 1 N–H and O–H groups in total. The Balaban J connectivity index is 1.72. The number of rotatable bonds is 6. The molecule has 2 aromatic heterocycles. The molecule has 5 nitrogen and oxygen atoms in total.